The Bertz CT molecular complexity index is 2930. The van der Waals surface area contributed by atoms with Crippen LogP contribution in [0.3, 0.4) is 0 Å². The van der Waals surface area contributed by atoms with Crippen LogP contribution in [0.5, 0.6) is 0 Å². The van der Waals surface area contributed by atoms with E-state index in [9.17, 15) is 9.59 Å². The summed E-state index contributed by atoms with van der Waals surface area (Å²) in [7, 11) is 0. The van der Waals surface area contributed by atoms with Crippen LogP contribution in [0.25, 0.3) is 31.5 Å². The molecule has 3 N–H and O–H groups in total. The molecule has 0 aliphatic rings. The molecule has 17 heteroatoms. The summed E-state index contributed by atoms with van der Waals surface area (Å²) in [5.41, 5.74) is 5.57. The number of rotatable bonds is 7. The van der Waals surface area contributed by atoms with E-state index < -0.39 is 17.0 Å². The second-order valence-electron chi connectivity index (χ2n) is 22.7. The number of benzene rings is 2. The van der Waals surface area contributed by atoms with Gasteiger partial charge in [-0.05, 0) is 64.5 Å². The molecule has 0 atom stereocenters. The number of fused-ring (bicyclic) bond motifs is 2. The molecule has 0 spiro atoms. The van der Waals surface area contributed by atoms with Crippen molar-refractivity contribution < 1.29 is 19.1 Å². The first-order valence-corrected chi connectivity index (χ1v) is 23.8. The largest absolute Gasteiger partial charge is 0.459 e. The zero-order valence-corrected chi connectivity index (χ0v) is 45.2. The van der Waals surface area contributed by atoms with Crippen molar-refractivity contribution >= 4 is 84.1 Å². The maximum atomic E-state index is 12.6. The summed E-state index contributed by atoms with van der Waals surface area (Å²) in [5.74, 6) is -0.0978. The van der Waals surface area contributed by atoms with Gasteiger partial charge in [-0.2, -0.15) is 10.2 Å². The lowest BCUT2D eigenvalue weighted by molar-refractivity contribution is -0.156. The number of halogens is 1. The lowest BCUT2D eigenvalue weighted by Gasteiger charge is -2.19. The Balaban J connectivity index is 0.000000261. The smallest absolute Gasteiger partial charge is 0.328 e. The molecule has 0 amide bonds. The zero-order valence-electron chi connectivity index (χ0n) is 43.6. The van der Waals surface area contributed by atoms with Crippen LogP contribution in [0, 0.1) is 13.1 Å². The van der Waals surface area contributed by atoms with Gasteiger partial charge in [-0.3, -0.25) is 14.7 Å². The van der Waals surface area contributed by atoms with Crippen LogP contribution in [-0.4, -0.2) is 58.4 Å². The fourth-order valence-corrected chi connectivity index (χ4v) is 7.01. The summed E-state index contributed by atoms with van der Waals surface area (Å²) in [6.07, 6.45) is 0. The molecule has 0 aliphatic heterocycles. The van der Waals surface area contributed by atoms with Crippen LogP contribution < -0.4 is 0 Å². The van der Waals surface area contributed by atoms with Gasteiger partial charge in [0.25, 0.3) is 11.4 Å². The van der Waals surface area contributed by atoms with Crippen LogP contribution in [0.4, 0.5) is 34.4 Å². The maximum absolute atomic E-state index is 12.6. The van der Waals surface area contributed by atoms with E-state index >= 15 is 0 Å². The van der Waals surface area contributed by atoms with Crippen molar-refractivity contribution in [2.45, 2.75) is 164 Å². The van der Waals surface area contributed by atoms with E-state index in [4.69, 9.17) is 22.6 Å². The van der Waals surface area contributed by atoms with E-state index in [1.54, 1.807) is 0 Å². The molecule has 0 radical (unpaired) electrons. The standard InChI is InChI=1S/C26H34N6O2.C20H24N6.C6H11BrO2/c1-24(2,3)21-19(16-13-11-12-14-17(16)28-21)29-30-23-20(27-10)22(25(4,5)6)31-32(23)15-18(33)34-26(7,8)9;1-19(2,3)16-14(12-10-8-9-11-13(12)22-16)23-25-18-15(21-7)17(24-26-18)20(4,5)6;1-6(2,3)9-5(8)4-7/h11-14,28H,15H2,1-9H3;8-11,22H,1-6H3,(H,24,26);4H2,1-3H3. The second-order valence-corrected chi connectivity index (χ2v) is 23.2. The summed E-state index contributed by atoms with van der Waals surface area (Å²) >= 11 is 2.99. The van der Waals surface area contributed by atoms with E-state index in [0.29, 0.717) is 22.9 Å². The van der Waals surface area contributed by atoms with E-state index in [-0.39, 0.29) is 51.2 Å². The van der Waals surface area contributed by atoms with E-state index in [0.717, 1.165) is 44.6 Å². The number of esters is 2. The van der Waals surface area contributed by atoms with Crippen LogP contribution in [0.1, 0.15) is 147 Å². The van der Waals surface area contributed by atoms with Gasteiger partial charge in [0.05, 0.1) is 18.8 Å². The Morgan fingerprint density at radius 1 is 0.609 bits per heavy atom. The average molecular weight is 1010 g/mol. The van der Waals surface area contributed by atoms with Gasteiger partial charge in [-0.15, -0.1) is 20.5 Å². The third kappa shape index (κ3) is 14.5. The summed E-state index contributed by atoms with van der Waals surface area (Å²) in [5, 5.41) is 31.9. The van der Waals surface area contributed by atoms with Gasteiger partial charge < -0.3 is 19.4 Å². The Hall–Kier alpha value is -6.46. The predicted octanol–water partition coefficient (Wildman–Crippen LogP) is 15.4. The van der Waals surface area contributed by atoms with E-state index in [1.165, 1.54) is 4.68 Å². The van der Waals surface area contributed by atoms with Crippen molar-refractivity contribution in [1.29, 1.82) is 0 Å². The molecule has 0 bridgehead atoms. The molecule has 0 fully saturated rings. The van der Waals surface area contributed by atoms with Gasteiger partial charge in [0.2, 0.25) is 5.82 Å². The Morgan fingerprint density at radius 2 is 1.04 bits per heavy atom. The van der Waals surface area contributed by atoms with Crippen LogP contribution in [0.15, 0.2) is 69.0 Å². The maximum Gasteiger partial charge on any atom is 0.328 e. The Kier molecular flexibility index (Phi) is 16.8. The highest BCUT2D eigenvalue weighted by molar-refractivity contribution is 9.09. The Morgan fingerprint density at radius 3 is 1.43 bits per heavy atom. The number of para-hydroxylation sites is 2. The highest BCUT2D eigenvalue weighted by Gasteiger charge is 2.31. The molecule has 6 rings (SSSR count). The predicted molar refractivity (Wildman–Crippen MR) is 279 cm³/mol. The SMILES string of the molecule is CC(C)(C)OC(=O)CBr.[C-]#[N+]c1c(C(C)(C)C)nn(CC(=O)OC(C)(C)C)c1N=Nc1c(C(C)(C)C)[nH]c2ccccc12.[C-]#[N+]c1c(N=Nc2c(C(C)(C)C)[nH]c3ccccc23)n[nH]c1C(C)(C)C. The second kappa shape index (κ2) is 21.0. The first-order chi connectivity index (χ1) is 31.7. The molecule has 0 saturated carbocycles. The number of carbonyl (C=O) groups is 2. The van der Waals surface area contributed by atoms with Gasteiger partial charge in [-0.25, -0.2) is 14.4 Å². The molecule has 69 heavy (non-hydrogen) atoms. The minimum atomic E-state index is -0.632. The van der Waals surface area contributed by atoms with Gasteiger partial charge in [0, 0.05) is 49.7 Å². The first kappa shape index (κ1) is 55.1. The lowest BCUT2D eigenvalue weighted by Crippen LogP contribution is -2.27. The zero-order chi connectivity index (χ0) is 52.1. The molecular weight excluding hydrogens is 937 g/mol. The number of nitrogens with one attached hydrogen (secondary N) is 3. The summed E-state index contributed by atoms with van der Waals surface area (Å²) in [6.45, 7) is 50.8. The topological polar surface area (TPSA) is 189 Å². The number of aromatic amines is 3. The number of hydrogen-bond acceptors (Lipinski definition) is 10. The molecule has 0 aliphatic carbocycles. The fraction of sp³-hybridized carbons (Fsp3) is 0.500. The minimum absolute atomic E-state index is 0.113. The van der Waals surface area contributed by atoms with Gasteiger partial charge in [0.15, 0.2) is 5.82 Å². The number of ether oxygens (including phenoxy) is 2. The number of H-pyrrole nitrogens is 3. The molecular formula is C52H69BrN12O4. The molecule has 6 aromatic rings. The number of alkyl halides is 1. The van der Waals surface area contributed by atoms with Crippen molar-refractivity contribution in [2.75, 3.05) is 5.33 Å². The quantitative estimate of drug-likeness (QED) is 0.0617. The summed E-state index contributed by atoms with van der Waals surface area (Å²) in [4.78, 5) is 37.4. The molecule has 0 saturated heterocycles. The van der Waals surface area contributed by atoms with Crippen molar-refractivity contribution in [3.05, 3.63) is 94.1 Å². The molecule has 16 nitrogen and oxygen atoms in total. The van der Waals surface area contributed by atoms with Crippen molar-refractivity contribution in [3.8, 4) is 0 Å². The number of aromatic nitrogens is 6. The number of hydrogen-bond donors (Lipinski definition) is 3. The lowest BCUT2D eigenvalue weighted by atomic mass is 9.91. The number of carbonyl (C=O) groups excluding carboxylic acids is 2. The molecule has 4 aromatic heterocycles. The molecule has 2 aromatic carbocycles. The first-order valence-electron chi connectivity index (χ1n) is 22.7. The van der Waals surface area contributed by atoms with Gasteiger partial charge >= 0.3 is 11.9 Å². The molecule has 368 valence electrons. The minimum Gasteiger partial charge on any atom is -0.459 e. The fourth-order valence-electron chi connectivity index (χ4n) is 6.89. The van der Waals surface area contributed by atoms with Crippen LogP contribution >= 0.6 is 15.9 Å². The molecule has 0 unspecified atom stereocenters. The highest BCUT2D eigenvalue weighted by atomic mass is 79.9. The number of nitrogens with zero attached hydrogens (tertiary/aromatic N) is 9. The third-order valence-corrected chi connectivity index (χ3v) is 10.3. The average Bonchev–Trinajstić information content (AvgIpc) is 3.99. The summed E-state index contributed by atoms with van der Waals surface area (Å²) < 4.78 is 11.8. The van der Waals surface area contributed by atoms with E-state index in [1.807, 2.05) is 132 Å². The van der Waals surface area contributed by atoms with Crippen molar-refractivity contribution in [1.82, 2.24) is 29.9 Å². The monoisotopic (exact) mass is 1000 g/mol. The van der Waals surface area contributed by atoms with Crippen LogP contribution in [-0.2, 0) is 47.3 Å². The van der Waals surface area contributed by atoms with Crippen molar-refractivity contribution in [2.24, 2.45) is 20.5 Å². The van der Waals surface area contributed by atoms with Gasteiger partial charge in [-0.1, -0.05) is 135 Å². The van der Waals surface area contributed by atoms with Crippen molar-refractivity contribution in [3.63, 3.8) is 0 Å². The van der Waals surface area contributed by atoms with E-state index in [2.05, 4.69) is 113 Å². The highest BCUT2D eigenvalue weighted by Crippen LogP contribution is 2.44. The Labute approximate surface area is 415 Å². The third-order valence-electron chi connectivity index (χ3n) is 9.88. The van der Waals surface area contributed by atoms with Gasteiger partial charge in [0.1, 0.15) is 34.5 Å². The normalized spacial score (nSPS) is 12.7. The van der Waals surface area contributed by atoms with Crippen LogP contribution in [0.2, 0.25) is 0 Å². The molecule has 4 heterocycles. The number of azo groups is 2. The summed E-state index contributed by atoms with van der Waals surface area (Å²) in [6, 6.07) is 15.9.